The molecule has 0 aliphatic rings. The molecular weight excluding hydrogens is 399 g/mol. The van der Waals surface area contributed by atoms with E-state index in [1.54, 1.807) is 17.5 Å². The summed E-state index contributed by atoms with van der Waals surface area (Å²) in [6.45, 7) is 2.90. The van der Waals surface area contributed by atoms with E-state index in [0.717, 1.165) is 0 Å². The first kappa shape index (κ1) is 20.0. The Bertz CT molecular complexity index is 863. The average Bonchev–Trinajstić information content (AvgIpc) is 3.04. The second-order valence-corrected chi connectivity index (χ2v) is 6.94. The number of carbonyl (C=O) groups excluding carboxylic acids is 2. The van der Waals surface area contributed by atoms with Gasteiger partial charge in [0.05, 0.1) is 10.6 Å². The Morgan fingerprint density at radius 2 is 1.96 bits per heavy atom. The van der Waals surface area contributed by atoms with Crippen molar-refractivity contribution in [2.75, 3.05) is 5.32 Å². The van der Waals surface area contributed by atoms with E-state index >= 15 is 0 Å². The number of rotatable bonds is 6. The summed E-state index contributed by atoms with van der Waals surface area (Å²) in [5.74, 6) is -1.01. The minimum atomic E-state index is -1.07. The van der Waals surface area contributed by atoms with Gasteiger partial charge in [0.1, 0.15) is 16.8 Å². The Balaban J connectivity index is 1.93. The van der Waals surface area contributed by atoms with Crippen molar-refractivity contribution in [3.05, 3.63) is 45.3 Å². The number of hydrogen-bond acceptors (Lipinski definition) is 6. The molecule has 0 unspecified atom stereocenters. The van der Waals surface area contributed by atoms with Crippen LogP contribution in [-0.4, -0.2) is 24.1 Å². The van der Waals surface area contributed by atoms with Gasteiger partial charge in [0.15, 0.2) is 12.2 Å². The highest BCUT2D eigenvalue weighted by molar-refractivity contribution is 7.14. The number of nitrogens with one attached hydrogen (secondary N) is 1. The summed E-state index contributed by atoms with van der Waals surface area (Å²) < 4.78 is 10.6. The zero-order chi connectivity index (χ0) is 19.3. The van der Waals surface area contributed by atoms with Gasteiger partial charge in [0.25, 0.3) is 5.91 Å². The smallest absolute Gasteiger partial charge is 0.347 e. The van der Waals surface area contributed by atoms with Gasteiger partial charge < -0.3 is 14.8 Å². The summed E-state index contributed by atoms with van der Waals surface area (Å²) in [5.41, 5.74) is 0.343. The molecule has 1 aromatic heterocycles. The molecule has 6 nitrogen and oxygen atoms in total. The predicted molar refractivity (Wildman–Crippen MR) is 99.8 cm³/mol. The lowest BCUT2D eigenvalue weighted by atomic mass is 10.3. The van der Waals surface area contributed by atoms with Crippen LogP contribution < -0.4 is 10.1 Å². The zero-order valence-electron chi connectivity index (χ0n) is 13.8. The normalized spacial score (nSPS) is 12.6. The molecule has 2 atom stereocenters. The number of nitrogens with zero attached hydrogens (tertiary/aromatic N) is 1. The lowest BCUT2D eigenvalue weighted by Gasteiger charge is -2.18. The van der Waals surface area contributed by atoms with E-state index in [-0.39, 0.29) is 10.8 Å². The summed E-state index contributed by atoms with van der Waals surface area (Å²) >= 11 is 13.0. The summed E-state index contributed by atoms with van der Waals surface area (Å²) in [6.07, 6.45) is -2.05. The molecule has 9 heteroatoms. The molecule has 1 heterocycles. The molecule has 136 valence electrons. The van der Waals surface area contributed by atoms with Gasteiger partial charge in [-0.1, -0.05) is 23.2 Å². The maximum atomic E-state index is 12.1. The number of nitriles is 1. The van der Waals surface area contributed by atoms with Crippen LogP contribution in [0.25, 0.3) is 0 Å². The molecule has 0 radical (unpaired) electrons. The summed E-state index contributed by atoms with van der Waals surface area (Å²) in [5, 5.41) is 14.3. The van der Waals surface area contributed by atoms with Crippen LogP contribution in [-0.2, 0) is 14.3 Å². The fourth-order valence-electron chi connectivity index (χ4n) is 1.84. The molecule has 26 heavy (non-hydrogen) atoms. The summed E-state index contributed by atoms with van der Waals surface area (Å²) in [7, 11) is 0. The summed E-state index contributed by atoms with van der Waals surface area (Å²) in [6, 6.07) is 8.14. The first-order valence-corrected chi connectivity index (χ1v) is 9.06. The van der Waals surface area contributed by atoms with Gasteiger partial charge in [-0.3, -0.25) is 4.79 Å². The zero-order valence-corrected chi connectivity index (χ0v) is 16.1. The maximum Gasteiger partial charge on any atom is 0.347 e. The first-order valence-electron chi connectivity index (χ1n) is 7.42. The van der Waals surface area contributed by atoms with E-state index in [4.69, 9.17) is 37.9 Å². The van der Waals surface area contributed by atoms with Crippen LogP contribution in [0.3, 0.4) is 0 Å². The molecule has 0 saturated carbocycles. The average molecular weight is 413 g/mol. The SMILES string of the molecule is C[C@@H](OC(=O)[C@@H](C)Oc1ccc(Cl)cc1Cl)C(=O)Nc1sccc1C#N. The number of esters is 1. The van der Waals surface area contributed by atoms with Crippen LogP contribution in [0.5, 0.6) is 5.75 Å². The first-order chi connectivity index (χ1) is 12.3. The fourth-order valence-corrected chi connectivity index (χ4v) is 3.03. The number of ether oxygens (including phenoxy) is 2. The molecule has 2 rings (SSSR count). The Hall–Kier alpha value is -2.27. The molecule has 0 spiro atoms. The minimum Gasteiger partial charge on any atom is -0.477 e. The van der Waals surface area contributed by atoms with Crippen molar-refractivity contribution in [2.24, 2.45) is 0 Å². The number of carbonyl (C=O) groups is 2. The molecule has 0 bridgehead atoms. The third-order valence-electron chi connectivity index (χ3n) is 3.21. The van der Waals surface area contributed by atoms with Crippen molar-refractivity contribution in [1.82, 2.24) is 0 Å². The van der Waals surface area contributed by atoms with E-state index in [0.29, 0.717) is 15.6 Å². The topological polar surface area (TPSA) is 88.4 Å². The van der Waals surface area contributed by atoms with Gasteiger partial charge in [0.2, 0.25) is 0 Å². The Morgan fingerprint density at radius 1 is 1.23 bits per heavy atom. The van der Waals surface area contributed by atoms with Crippen molar-refractivity contribution in [3.8, 4) is 11.8 Å². The quantitative estimate of drug-likeness (QED) is 0.715. The van der Waals surface area contributed by atoms with Gasteiger partial charge in [-0.05, 0) is 43.5 Å². The van der Waals surface area contributed by atoms with Crippen molar-refractivity contribution >= 4 is 51.4 Å². The van der Waals surface area contributed by atoms with E-state index < -0.39 is 24.1 Å². The molecule has 1 N–H and O–H groups in total. The van der Waals surface area contributed by atoms with Crippen LogP contribution >= 0.6 is 34.5 Å². The van der Waals surface area contributed by atoms with Crippen LogP contribution in [0.4, 0.5) is 5.00 Å². The second-order valence-electron chi connectivity index (χ2n) is 5.18. The largest absolute Gasteiger partial charge is 0.477 e. The van der Waals surface area contributed by atoms with Crippen LogP contribution in [0.1, 0.15) is 19.4 Å². The molecule has 1 amide bonds. The van der Waals surface area contributed by atoms with Crippen LogP contribution in [0.2, 0.25) is 10.0 Å². The third-order valence-corrected chi connectivity index (χ3v) is 4.57. The standard InChI is InChI=1S/C17H14Cl2N2O4S/c1-9(15(22)21-16-11(8-20)5-6-26-16)25-17(23)10(2)24-14-4-3-12(18)7-13(14)19/h3-7,9-10H,1-2H3,(H,21,22)/t9-,10-/m1/s1. The monoisotopic (exact) mass is 412 g/mol. The second kappa shape index (κ2) is 8.90. The molecule has 0 fully saturated rings. The number of benzene rings is 1. The molecule has 0 aliphatic carbocycles. The van der Waals surface area contributed by atoms with Crippen molar-refractivity contribution < 1.29 is 19.1 Å². The van der Waals surface area contributed by atoms with Crippen LogP contribution in [0, 0.1) is 11.3 Å². The number of hydrogen-bond donors (Lipinski definition) is 1. The van der Waals surface area contributed by atoms with Gasteiger partial charge in [-0.2, -0.15) is 5.26 Å². The van der Waals surface area contributed by atoms with Gasteiger partial charge >= 0.3 is 5.97 Å². The van der Waals surface area contributed by atoms with Gasteiger partial charge in [-0.15, -0.1) is 11.3 Å². The van der Waals surface area contributed by atoms with E-state index in [2.05, 4.69) is 5.32 Å². The maximum absolute atomic E-state index is 12.1. The van der Waals surface area contributed by atoms with Gasteiger partial charge in [-0.25, -0.2) is 4.79 Å². The summed E-state index contributed by atoms with van der Waals surface area (Å²) in [4.78, 5) is 24.2. The highest BCUT2D eigenvalue weighted by atomic mass is 35.5. The lowest BCUT2D eigenvalue weighted by molar-refractivity contribution is -0.159. The third kappa shape index (κ3) is 5.11. The fraction of sp³-hybridized carbons (Fsp3) is 0.235. The van der Waals surface area contributed by atoms with Crippen molar-refractivity contribution in [2.45, 2.75) is 26.1 Å². The molecular formula is C17H14Cl2N2O4S. The van der Waals surface area contributed by atoms with E-state index in [9.17, 15) is 9.59 Å². The number of halogens is 2. The Labute approximate surface area is 164 Å². The number of amides is 1. The number of anilines is 1. The molecule has 2 aromatic rings. The highest BCUT2D eigenvalue weighted by Crippen LogP contribution is 2.28. The highest BCUT2D eigenvalue weighted by Gasteiger charge is 2.24. The predicted octanol–water partition coefficient (Wildman–Crippen LogP) is 4.26. The van der Waals surface area contributed by atoms with E-state index in [1.165, 1.54) is 37.3 Å². The lowest BCUT2D eigenvalue weighted by Crippen LogP contribution is -2.35. The molecule has 0 saturated heterocycles. The Morgan fingerprint density at radius 3 is 2.62 bits per heavy atom. The van der Waals surface area contributed by atoms with Crippen molar-refractivity contribution in [1.29, 1.82) is 5.26 Å². The van der Waals surface area contributed by atoms with Crippen LogP contribution in [0.15, 0.2) is 29.6 Å². The van der Waals surface area contributed by atoms with Crippen molar-refractivity contribution in [3.63, 3.8) is 0 Å². The molecule has 0 aliphatic heterocycles. The van der Waals surface area contributed by atoms with E-state index in [1.807, 2.05) is 6.07 Å². The molecule has 1 aromatic carbocycles. The number of thiophene rings is 1. The Kier molecular flexibility index (Phi) is 6.86. The minimum absolute atomic E-state index is 0.254. The van der Waals surface area contributed by atoms with Gasteiger partial charge in [0, 0.05) is 5.02 Å².